The highest BCUT2D eigenvalue weighted by Gasteiger charge is 2.11. The molecule has 0 aliphatic rings. The molecule has 2 N–H and O–H groups in total. The molecule has 0 radical (unpaired) electrons. The molecule has 4 heteroatoms. The van der Waals surface area contributed by atoms with E-state index in [-0.39, 0.29) is 18.6 Å². The fourth-order valence-electron chi connectivity index (χ4n) is 8.34. The van der Waals surface area contributed by atoms with Crippen molar-refractivity contribution in [1.82, 2.24) is 5.32 Å². The number of unbranched alkanes of at least 4 members (excludes halogenated alkanes) is 37. The Morgan fingerprint density at radius 1 is 0.386 bits per heavy atom. The maximum atomic E-state index is 12.4. The summed E-state index contributed by atoms with van der Waals surface area (Å²) in [6.45, 7) is 4.63. The standard InChI is InChI=1S/C53H103NO3/c1-3-5-7-9-11-13-15-17-19-21-22-26-30-34-38-42-46-51(50-55)54-53(57)49-45-41-37-33-29-25-24-28-32-36-40-44-48-52(56)47-43-39-35-31-27-23-20-18-16-14-12-10-8-6-4-2/h18,20,51,55H,3-17,19,21-50H2,1-2H3,(H,54,57)/t51-/m1/s1. The molecular weight excluding hydrogens is 699 g/mol. The van der Waals surface area contributed by atoms with Gasteiger partial charge in [-0.25, -0.2) is 0 Å². The van der Waals surface area contributed by atoms with Crippen molar-refractivity contribution in [1.29, 1.82) is 0 Å². The number of carbonyl (C=O) groups is 2. The predicted molar refractivity (Wildman–Crippen MR) is 252 cm³/mol. The lowest BCUT2D eigenvalue weighted by atomic mass is 10.0. The molecule has 0 aliphatic heterocycles. The number of allylic oxidation sites excluding steroid dienone is 2. The number of ketones is 1. The second kappa shape index (κ2) is 49.2. The van der Waals surface area contributed by atoms with E-state index in [9.17, 15) is 14.7 Å². The van der Waals surface area contributed by atoms with Gasteiger partial charge in [-0.2, -0.15) is 0 Å². The molecule has 1 amide bonds. The zero-order chi connectivity index (χ0) is 41.4. The summed E-state index contributed by atoms with van der Waals surface area (Å²) in [7, 11) is 0. The minimum atomic E-state index is -0.0707. The Bertz CT molecular complexity index is 825. The molecule has 0 aromatic carbocycles. The second-order valence-electron chi connectivity index (χ2n) is 18.2. The largest absolute Gasteiger partial charge is 0.394 e. The van der Waals surface area contributed by atoms with Crippen LogP contribution >= 0.6 is 0 Å². The summed E-state index contributed by atoms with van der Waals surface area (Å²) in [5.41, 5.74) is 0. The van der Waals surface area contributed by atoms with E-state index >= 15 is 0 Å². The highest BCUT2D eigenvalue weighted by atomic mass is 16.3. The molecule has 0 heterocycles. The van der Waals surface area contributed by atoms with Gasteiger partial charge in [-0.05, 0) is 51.4 Å². The van der Waals surface area contributed by atoms with Gasteiger partial charge in [-0.3, -0.25) is 9.59 Å². The Morgan fingerprint density at radius 2 is 0.667 bits per heavy atom. The predicted octanol–water partition coefficient (Wildman–Crippen LogP) is 17.2. The molecule has 0 saturated carbocycles. The van der Waals surface area contributed by atoms with Crippen LogP contribution in [0.1, 0.15) is 303 Å². The molecule has 1 atom stereocenters. The van der Waals surface area contributed by atoms with Gasteiger partial charge in [0.1, 0.15) is 5.78 Å². The summed E-state index contributed by atoms with van der Waals surface area (Å²) in [4.78, 5) is 24.7. The van der Waals surface area contributed by atoms with Crippen LogP contribution < -0.4 is 5.32 Å². The molecule has 4 nitrogen and oxygen atoms in total. The first-order valence-electron chi connectivity index (χ1n) is 26.2. The van der Waals surface area contributed by atoms with Gasteiger partial charge in [0.15, 0.2) is 0 Å². The van der Waals surface area contributed by atoms with E-state index in [1.165, 1.54) is 231 Å². The molecular formula is C53H103NO3. The summed E-state index contributed by atoms with van der Waals surface area (Å²) in [5.74, 6) is 0.608. The zero-order valence-corrected chi connectivity index (χ0v) is 39.0. The Kier molecular flexibility index (Phi) is 48.2. The lowest BCUT2D eigenvalue weighted by Gasteiger charge is -2.16. The number of aliphatic hydroxyl groups is 1. The van der Waals surface area contributed by atoms with E-state index in [4.69, 9.17) is 0 Å². The maximum absolute atomic E-state index is 12.4. The first-order valence-corrected chi connectivity index (χ1v) is 26.2. The highest BCUT2D eigenvalue weighted by molar-refractivity contribution is 5.78. The highest BCUT2D eigenvalue weighted by Crippen LogP contribution is 2.17. The Morgan fingerprint density at radius 3 is 1.00 bits per heavy atom. The molecule has 57 heavy (non-hydrogen) atoms. The number of hydrogen-bond donors (Lipinski definition) is 2. The molecule has 0 aromatic rings. The van der Waals surface area contributed by atoms with E-state index in [0.717, 1.165) is 51.4 Å². The average Bonchev–Trinajstić information content (AvgIpc) is 3.21. The molecule has 0 bridgehead atoms. The zero-order valence-electron chi connectivity index (χ0n) is 39.0. The van der Waals surface area contributed by atoms with Crippen LogP contribution in [-0.2, 0) is 9.59 Å². The second-order valence-corrected chi connectivity index (χ2v) is 18.2. The van der Waals surface area contributed by atoms with Gasteiger partial charge >= 0.3 is 0 Å². The summed E-state index contributed by atoms with van der Waals surface area (Å²) in [5, 5.41) is 12.9. The Hall–Kier alpha value is -1.16. The van der Waals surface area contributed by atoms with E-state index < -0.39 is 0 Å². The first kappa shape index (κ1) is 55.8. The van der Waals surface area contributed by atoms with Crippen molar-refractivity contribution in [2.24, 2.45) is 0 Å². The molecule has 0 aliphatic carbocycles. The van der Waals surface area contributed by atoms with Crippen LogP contribution in [0.5, 0.6) is 0 Å². The normalized spacial score (nSPS) is 12.2. The maximum Gasteiger partial charge on any atom is 0.220 e. The van der Waals surface area contributed by atoms with Gasteiger partial charge in [0.2, 0.25) is 5.91 Å². The Balaban J connectivity index is 3.39. The molecule has 0 saturated heterocycles. The lowest BCUT2D eigenvalue weighted by molar-refractivity contribution is -0.122. The molecule has 0 unspecified atom stereocenters. The third kappa shape index (κ3) is 47.4. The molecule has 0 aromatic heterocycles. The van der Waals surface area contributed by atoms with Gasteiger partial charge in [-0.1, -0.05) is 244 Å². The average molecular weight is 802 g/mol. The number of carbonyl (C=O) groups excluding carboxylic acids is 2. The van der Waals surface area contributed by atoms with Crippen LogP contribution in [0.15, 0.2) is 12.2 Å². The van der Waals surface area contributed by atoms with Crippen LogP contribution in [0, 0.1) is 0 Å². The van der Waals surface area contributed by atoms with Crippen LogP contribution in [-0.4, -0.2) is 29.4 Å². The van der Waals surface area contributed by atoms with Gasteiger partial charge in [-0.15, -0.1) is 0 Å². The fraction of sp³-hybridized carbons (Fsp3) is 0.925. The Labute approximate surface area is 358 Å². The molecule has 0 rings (SSSR count). The number of rotatable bonds is 49. The van der Waals surface area contributed by atoms with Crippen LogP contribution in [0.2, 0.25) is 0 Å². The van der Waals surface area contributed by atoms with Crippen molar-refractivity contribution in [2.75, 3.05) is 6.61 Å². The summed E-state index contributed by atoms with van der Waals surface area (Å²) in [6.07, 6.45) is 61.5. The van der Waals surface area contributed by atoms with E-state index in [1.54, 1.807) is 0 Å². The van der Waals surface area contributed by atoms with Crippen molar-refractivity contribution < 1.29 is 14.7 Å². The third-order valence-corrected chi connectivity index (χ3v) is 12.3. The molecule has 0 spiro atoms. The topological polar surface area (TPSA) is 66.4 Å². The van der Waals surface area contributed by atoms with Gasteiger partial charge in [0.05, 0.1) is 12.6 Å². The van der Waals surface area contributed by atoms with E-state index in [2.05, 4.69) is 31.3 Å². The smallest absolute Gasteiger partial charge is 0.220 e. The number of hydrogen-bond acceptors (Lipinski definition) is 3. The van der Waals surface area contributed by atoms with E-state index in [1.807, 2.05) is 0 Å². The minimum Gasteiger partial charge on any atom is -0.394 e. The molecule has 338 valence electrons. The quantitative estimate of drug-likeness (QED) is 0.0476. The van der Waals surface area contributed by atoms with Crippen LogP contribution in [0.3, 0.4) is 0 Å². The first-order chi connectivity index (χ1) is 28.1. The van der Waals surface area contributed by atoms with E-state index in [0.29, 0.717) is 12.2 Å². The number of nitrogens with one attached hydrogen (secondary N) is 1. The summed E-state index contributed by atoms with van der Waals surface area (Å²) < 4.78 is 0. The van der Waals surface area contributed by atoms with Crippen LogP contribution in [0.25, 0.3) is 0 Å². The molecule has 0 fully saturated rings. The number of amides is 1. The monoisotopic (exact) mass is 802 g/mol. The summed E-state index contributed by atoms with van der Waals surface area (Å²) >= 11 is 0. The lowest BCUT2D eigenvalue weighted by Crippen LogP contribution is -2.37. The van der Waals surface area contributed by atoms with Crippen molar-refractivity contribution in [3.8, 4) is 0 Å². The minimum absolute atomic E-state index is 0.0580. The van der Waals surface area contributed by atoms with Gasteiger partial charge < -0.3 is 10.4 Å². The fourth-order valence-corrected chi connectivity index (χ4v) is 8.34. The van der Waals surface area contributed by atoms with Crippen molar-refractivity contribution in [3.05, 3.63) is 12.2 Å². The van der Waals surface area contributed by atoms with Crippen LogP contribution in [0.4, 0.5) is 0 Å². The third-order valence-electron chi connectivity index (χ3n) is 12.3. The summed E-state index contributed by atoms with van der Waals surface area (Å²) in [6, 6.07) is -0.0707. The van der Waals surface area contributed by atoms with Crippen molar-refractivity contribution in [3.63, 3.8) is 0 Å². The van der Waals surface area contributed by atoms with Crippen molar-refractivity contribution >= 4 is 11.7 Å². The van der Waals surface area contributed by atoms with Gasteiger partial charge in [0, 0.05) is 19.3 Å². The number of Topliss-reactive ketones (excluding diaryl/α,β-unsaturated/α-hetero) is 1. The SMILES string of the molecule is CCCCCCCCC=CCCCCCCCC(=O)CCCCCCCCCCCCCCC(=O)N[C@@H](CO)CCCCCCCCCCCCCCCCCC. The van der Waals surface area contributed by atoms with Crippen molar-refractivity contribution in [2.45, 2.75) is 309 Å². The number of aliphatic hydroxyl groups excluding tert-OH is 1. The van der Waals surface area contributed by atoms with Gasteiger partial charge in [0.25, 0.3) is 0 Å².